The van der Waals surface area contributed by atoms with Gasteiger partial charge >= 0.3 is 0 Å². The molecule has 0 radical (unpaired) electrons. The molecular weight excluding hydrogens is 220 g/mol. The summed E-state index contributed by atoms with van der Waals surface area (Å²) in [6.45, 7) is 1.35. The second-order valence-corrected chi connectivity index (χ2v) is 5.36. The first-order valence-corrected chi connectivity index (χ1v) is 7.31. The van der Waals surface area contributed by atoms with Crippen molar-refractivity contribution in [2.24, 2.45) is 11.1 Å². The first-order chi connectivity index (χ1) is 7.83. The van der Waals surface area contributed by atoms with Crippen molar-refractivity contribution in [2.75, 3.05) is 13.1 Å². The summed E-state index contributed by atoms with van der Waals surface area (Å²) in [5.41, 5.74) is 0. The molecule has 0 atom stereocenters. The Labute approximate surface area is 103 Å². The maximum atomic E-state index is 10.9. The third-order valence-electron chi connectivity index (χ3n) is 3.34. The minimum absolute atomic E-state index is 0.0206. The van der Waals surface area contributed by atoms with Gasteiger partial charge in [0, 0.05) is 0 Å². The summed E-state index contributed by atoms with van der Waals surface area (Å²) >= 11 is 0.810. The zero-order chi connectivity index (χ0) is 11.6. The Morgan fingerprint density at radius 1 is 1.25 bits per heavy atom. The van der Waals surface area contributed by atoms with E-state index < -0.39 is 0 Å². The van der Waals surface area contributed by atoms with Gasteiger partial charge in [0.25, 0.3) is 0 Å². The lowest BCUT2D eigenvalue weighted by atomic mass is 9.86. The van der Waals surface area contributed by atoms with Crippen LogP contribution in [-0.2, 0) is 4.79 Å². The molecule has 0 amide bonds. The van der Waals surface area contributed by atoms with E-state index in [-0.39, 0.29) is 5.12 Å². The van der Waals surface area contributed by atoms with Crippen LogP contribution in [-0.4, -0.2) is 18.2 Å². The molecule has 0 aliphatic heterocycles. The van der Waals surface area contributed by atoms with Gasteiger partial charge in [0.05, 0.1) is 6.54 Å². The summed E-state index contributed by atoms with van der Waals surface area (Å²) in [6.07, 6.45) is 11.0. The van der Waals surface area contributed by atoms with Crippen molar-refractivity contribution >= 4 is 17.1 Å². The van der Waals surface area contributed by atoms with Gasteiger partial charge in [-0.05, 0) is 30.8 Å². The molecule has 0 unspecified atom stereocenters. The molecule has 94 valence electrons. The molecule has 0 aromatic carbocycles. The van der Waals surface area contributed by atoms with Gasteiger partial charge in [0.15, 0.2) is 0 Å². The molecular formula is C12H24N2OS. The Hall–Kier alpha value is -0.0600. The molecule has 1 saturated carbocycles. The summed E-state index contributed by atoms with van der Waals surface area (Å²) in [4.78, 5) is 10.9. The fourth-order valence-corrected chi connectivity index (χ4v) is 2.58. The van der Waals surface area contributed by atoms with E-state index in [2.05, 4.69) is 5.32 Å². The number of hydrogen-bond donors (Lipinski definition) is 2. The molecule has 1 fully saturated rings. The highest BCUT2D eigenvalue weighted by atomic mass is 32.2. The molecule has 3 nitrogen and oxygen atoms in total. The summed E-state index contributed by atoms with van der Waals surface area (Å²) in [5, 5.41) is 8.28. The van der Waals surface area contributed by atoms with Gasteiger partial charge in [-0.3, -0.25) is 9.93 Å². The SMILES string of the molecule is NSC(=O)CNCCCCC1CCCCC1. The van der Waals surface area contributed by atoms with Gasteiger partial charge in [0.2, 0.25) is 5.12 Å². The van der Waals surface area contributed by atoms with Crippen LogP contribution in [0.1, 0.15) is 51.4 Å². The standard InChI is InChI=1S/C12H24N2OS/c13-16-12(15)10-14-9-5-4-8-11-6-2-1-3-7-11/h11,14H,1-10,13H2. The molecule has 16 heavy (non-hydrogen) atoms. The summed E-state index contributed by atoms with van der Waals surface area (Å²) in [6, 6.07) is 0. The smallest absolute Gasteiger partial charge is 0.217 e. The predicted octanol–water partition coefficient (Wildman–Crippen LogP) is 2.46. The minimum Gasteiger partial charge on any atom is -0.309 e. The second-order valence-electron chi connectivity index (χ2n) is 4.67. The Balaban J connectivity index is 1.85. The molecule has 3 N–H and O–H groups in total. The quantitative estimate of drug-likeness (QED) is 0.533. The molecule has 0 saturated heterocycles. The van der Waals surface area contributed by atoms with Gasteiger partial charge in [-0.15, -0.1) is 0 Å². The van der Waals surface area contributed by atoms with Crippen molar-refractivity contribution in [3.63, 3.8) is 0 Å². The Kier molecular flexibility index (Phi) is 7.89. The fourth-order valence-electron chi connectivity index (χ4n) is 2.39. The number of hydrogen-bond acceptors (Lipinski definition) is 4. The third kappa shape index (κ3) is 6.51. The van der Waals surface area contributed by atoms with E-state index in [0.717, 1.165) is 24.4 Å². The lowest BCUT2D eigenvalue weighted by Gasteiger charge is -2.21. The molecule has 0 spiro atoms. The van der Waals surface area contributed by atoms with E-state index in [4.69, 9.17) is 5.14 Å². The highest BCUT2D eigenvalue weighted by molar-refractivity contribution is 8.11. The zero-order valence-corrected chi connectivity index (χ0v) is 10.9. The first kappa shape index (κ1) is 14.0. The molecule has 0 bridgehead atoms. The van der Waals surface area contributed by atoms with Crippen LogP contribution in [0.25, 0.3) is 0 Å². The summed E-state index contributed by atoms with van der Waals surface area (Å²) in [5.74, 6) is 0.981. The third-order valence-corrected chi connectivity index (χ3v) is 3.75. The molecule has 4 heteroatoms. The van der Waals surface area contributed by atoms with E-state index in [9.17, 15) is 4.79 Å². The van der Waals surface area contributed by atoms with Gasteiger partial charge in [-0.2, -0.15) is 0 Å². The number of carbonyl (C=O) groups excluding carboxylic acids is 1. The van der Waals surface area contributed by atoms with Gasteiger partial charge in [-0.1, -0.05) is 44.9 Å². The van der Waals surface area contributed by atoms with Crippen LogP contribution < -0.4 is 10.5 Å². The highest BCUT2D eigenvalue weighted by Gasteiger charge is 2.12. The lowest BCUT2D eigenvalue weighted by Crippen LogP contribution is -2.23. The second kappa shape index (κ2) is 9.02. The van der Waals surface area contributed by atoms with Crippen molar-refractivity contribution in [1.29, 1.82) is 0 Å². The normalized spacial score (nSPS) is 17.6. The van der Waals surface area contributed by atoms with Crippen molar-refractivity contribution in [2.45, 2.75) is 51.4 Å². The van der Waals surface area contributed by atoms with Gasteiger partial charge in [0.1, 0.15) is 0 Å². The maximum Gasteiger partial charge on any atom is 0.217 e. The number of nitrogens with two attached hydrogens (primary N) is 1. The Morgan fingerprint density at radius 3 is 2.69 bits per heavy atom. The highest BCUT2D eigenvalue weighted by Crippen LogP contribution is 2.27. The number of unbranched alkanes of at least 4 members (excludes halogenated alkanes) is 1. The number of nitrogens with one attached hydrogen (secondary N) is 1. The van der Waals surface area contributed by atoms with Gasteiger partial charge < -0.3 is 5.32 Å². The van der Waals surface area contributed by atoms with Crippen molar-refractivity contribution in [1.82, 2.24) is 5.32 Å². The molecule has 1 aliphatic carbocycles. The van der Waals surface area contributed by atoms with Crippen molar-refractivity contribution in [3.05, 3.63) is 0 Å². The average Bonchev–Trinajstić information content (AvgIpc) is 2.34. The van der Waals surface area contributed by atoms with Crippen LogP contribution in [0.5, 0.6) is 0 Å². The van der Waals surface area contributed by atoms with E-state index in [1.165, 1.54) is 51.4 Å². The average molecular weight is 244 g/mol. The molecule has 1 aliphatic rings. The topological polar surface area (TPSA) is 55.1 Å². The predicted molar refractivity (Wildman–Crippen MR) is 70.1 cm³/mol. The first-order valence-electron chi connectivity index (χ1n) is 6.43. The number of rotatable bonds is 7. The van der Waals surface area contributed by atoms with E-state index in [1.54, 1.807) is 0 Å². The van der Waals surface area contributed by atoms with Crippen molar-refractivity contribution < 1.29 is 4.79 Å². The zero-order valence-electron chi connectivity index (χ0n) is 10.0. The van der Waals surface area contributed by atoms with Crippen molar-refractivity contribution in [3.8, 4) is 0 Å². The van der Waals surface area contributed by atoms with E-state index in [0.29, 0.717) is 6.54 Å². The van der Waals surface area contributed by atoms with E-state index >= 15 is 0 Å². The molecule has 0 aromatic heterocycles. The van der Waals surface area contributed by atoms with Crippen LogP contribution in [0.15, 0.2) is 0 Å². The van der Waals surface area contributed by atoms with Crippen LogP contribution in [0.2, 0.25) is 0 Å². The lowest BCUT2D eigenvalue weighted by molar-refractivity contribution is -0.110. The monoisotopic (exact) mass is 244 g/mol. The van der Waals surface area contributed by atoms with Crippen LogP contribution in [0.4, 0.5) is 0 Å². The maximum absolute atomic E-state index is 10.9. The fraction of sp³-hybridized carbons (Fsp3) is 0.917. The minimum atomic E-state index is 0.0206. The largest absolute Gasteiger partial charge is 0.309 e. The Bertz CT molecular complexity index is 193. The van der Waals surface area contributed by atoms with Gasteiger partial charge in [-0.25, -0.2) is 0 Å². The summed E-state index contributed by atoms with van der Waals surface area (Å²) < 4.78 is 0. The number of carbonyl (C=O) groups is 1. The Morgan fingerprint density at radius 2 is 2.00 bits per heavy atom. The molecule has 0 aromatic rings. The summed E-state index contributed by atoms with van der Waals surface area (Å²) in [7, 11) is 0. The molecule has 0 heterocycles. The molecule has 1 rings (SSSR count). The van der Waals surface area contributed by atoms with Crippen LogP contribution in [0, 0.1) is 5.92 Å². The van der Waals surface area contributed by atoms with Crippen LogP contribution >= 0.6 is 11.9 Å². The van der Waals surface area contributed by atoms with E-state index in [1.807, 2.05) is 0 Å². The van der Waals surface area contributed by atoms with Crippen LogP contribution in [0.3, 0.4) is 0 Å².